The summed E-state index contributed by atoms with van der Waals surface area (Å²) in [5.74, 6) is 0.862. The average molecular weight is 234 g/mol. The van der Waals surface area contributed by atoms with Crippen molar-refractivity contribution < 1.29 is 4.74 Å². The van der Waals surface area contributed by atoms with Gasteiger partial charge >= 0.3 is 0 Å². The van der Waals surface area contributed by atoms with E-state index in [1.54, 1.807) is 0 Å². The Balaban J connectivity index is 0.000000980. The molecule has 1 atom stereocenters. The highest BCUT2D eigenvalue weighted by molar-refractivity contribution is 6.30. The van der Waals surface area contributed by atoms with Crippen molar-refractivity contribution in [3.05, 3.63) is 29.3 Å². The van der Waals surface area contributed by atoms with Gasteiger partial charge in [-0.15, -0.1) is 12.4 Å². The predicted molar refractivity (Wildman–Crippen MR) is 60.6 cm³/mol. The molecule has 4 heteroatoms. The van der Waals surface area contributed by atoms with Crippen molar-refractivity contribution in [3.8, 4) is 5.75 Å². The lowest BCUT2D eigenvalue weighted by Gasteiger charge is -2.11. The average Bonchev–Trinajstić information content (AvgIpc) is 2.57. The van der Waals surface area contributed by atoms with Gasteiger partial charge in [-0.2, -0.15) is 0 Å². The fraction of sp³-hybridized carbons (Fsp3) is 0.400. The molecule has 0 aromatic heterocycles. The minimum atomic E-state index is 0. The fourth-order valence-electron chi connectivity index (χ4n) is 1.46. The van der Waals surface area contributed by atoms with Gasteiger partial charge in [0.1, 0.15) is 11.9 Å². The Labute approximate surface area is 95.0 Å². The molecule has 2 rings (SSSR count). The molecule has 14 heavy (non-hydrogen) atoms. The number of hydrogen-bond acceptors (Lipinski definition) is 2. The lowest BCUT2D eigenvalue weighted by atomic mass is 10.3. The highest BCUT2D eigenvalue weighted by atomic mass is 35.5. The number of hydrogen-bond donors (Lipinski definition) is 1. The maximum atomic E-state index is 5.83. The Morgan fingerprint density at radius 2 is 2.29 bits per heavy atom. The molecular formula is C10H13Cl2NO. The molecule has 2 nitrogen and oxygen atoms in total. The molecule has 0 amide bonds. The smallest absolute Gasteiger partial charge is 0.121 e. The van der Waals surface area contributed by atoms with Crippen LogP contribution in [0.4, 0.5) is 0 Å². The third kappa shape index (κ3) is 3.05. The maximum absolute atomic E-state index is 5.83. The van der Waals surface area contributed by atoms with Crippen molar-refractivity contribution in [1.29, 1.82) is 0 Å². The highest BCUT2D eigenvalue weighted by Crippen LogP contribution is 2.19. The first-order valence-electron chi connectivity index (χ1n) is 4.47. The molecule has 1 fully saturated rings. The normalized spacial score (nSPS) is 20.2. The van der Waals surface area contributed by atoms with Crippen LogP contribution >= 0.6 is 24.0 Å². The van der Waals surface area contributed by atoms with Gasteiger partial charge in [-0.3, -0.25) is 0 Å². The first-order chi connectivity index (χ1) is 6.34. The van der Waals surface area contributed by atoms with E-state index in [-0.39, 0.29) is 12.4 Å². The predicted octanol–water partition coefficient (Wildman–Crippen LogP) is 2.50. The zero-order valence-electron chi connectivity index (χ0n) is 7.70. The van der Waals surface area contributed by atoms with Crippen LogP contribution in [-0.2, 0) is 0 Å². The van der Waals surface area contributed by atoms with Gasteiger partial charge < -0.3 is 10.1 Å². The Bertz CT molecular complexity index is 287. The number of rotatable bonds is 2. The Kier molecular flexibility index (Phi) is 4.52. The summed E-state index contributed by atoms with van der Waals surface area (Å²) >= 11 is 5.83. The van der Waals surface area contributed by atoms with Crippen molar-refractivity contribution in [2.75, 3.05) is 13.1 Å². The Morgan fingerprint density at radius 1 is 1.43 bits per heavy atom. The molecule has 1 heterocycles. The number of ether oxygens (including phenoxy) is 1. The van der Waals surface area contributed by atoms with Gasteiger partial charge in [0.05, 0.1) is 0 Å². The second-order valence-corrected chi connectivity index (χ2v) is 3.63. The molecule has 0 saturated carbocycles. The van der Waals surface area contributed by atoms with Gasteiger partial charge in [0.25, 0.3) is 0 Å². The van der Waals surface area contributed by atoms with Gasteiger partial charge in [-0.05, 0) is 31.2 Å². The molecule has 1 aromatic rings. The van der Waals surface area contributed by atoms with Crippen molar-refractivity contribution >= 4 is 24.0 Å². The quantitative estimate of drug-likeness (QED) is 0.848. The largest absolute Gasteiger partial charge is 0.489 e. The van der Waals surface area contributed by atoms with Gasteiger partial charge in [-0.1, -0.05) is 17.7 Å². The third-order valence-corrected chi connectivity index (χ3v) is 2.35. The van der Waals surface area contributed by atoms with E-state index < -0.39 is 0 Å². The SMILES string of the molecule is Cl.Clc1cccc(OC2CCNC2)c1. The minimum absolute atomic E-state index is 0. The topological polar surface area (TPSA) is 21.3 Å². The van der Waals surface area contributed by atoms with Crippen LogP contribution in [0.1, 0.15) is 6.42 Å². The molecule has 1 aromatic carbocycles. The first-order valence-corrected chi connectivity index (χ1v) is 4.85. The van der Waals surface area contributed by atoms with Crippen LogP contribution in [0.3, 0.4) is 0 Å². The van der Waals surface area contributed by atoms with E-state index >= 15 is 0 Å². The number of benzene rings is 1. The molecule has 1 unspecified atom stereocenters. The second kappa shape index (κ2) is 5.44. The van der Waals surface area contributed by atoms with Gasteiger partial charge in [0, 0.05) is 11.6 Å². The summed E-state index contributed by atoms with van der Waals surface area (Å²) in [5.41, 5.74) is 0. The summed E-state index contributed by atoms with van der Waals surface area (Å²) < 4.78 is 5.71. The van der Waals surface area contributed by atoms with Crippen LogP contribution in [0.15, 0.2) is 24.3 Å². The van der Waals surface area contributed by atoms with Crippen molar-refractivity contribution in [1.82, 2.24) is 5.32 Å². The summed E-state index contributed by atoms with van der Waals surface area (Å²) in [6.07, 6.45) is 1.38. The van der Waals surface area contributed by atoms with Gasteiger partial charge in [0.15, 0.2) is 0 Å². The molecule has 78 valence electrons. The molecule has 0 spiro atoms. The lowest BCUT2D eigenvalue weighted by Crippen LogP contribution is -2.19. The fourth-order valence-corrected chi connectivity index (χ4v) is 1.64. The summed E-state index contributed by atoms with van der Waals surface area (Å²) in [6, 6.07) is 7.53. The molecule has 1 N–H and O–H groups in total. The summed E-state index contributed by atoms with van der Waals surface area (Å²) in [5, 5.41) is 3.97. The van der Waals surface area contributed by atoms with Crippen molar-refractivity contribution in [3.63, 3.8) is 0 Å². The molecule has 0 bridgehead atoms. The second-order valence-electron chi connectivity index (χ2n) is 3.19. The van der Waals surface area contributed by atoms with Crippen molar-refractivity contribution in [2.24, 2.45) is 0 Å². The monoisotopic (exact) mass is 233 g/mol. The summed E-state index contributed by atoms with van der Waals surface area (Å²) in [4.78, 5) is 0. The van der Waals surface area contributed by atoms with Crippen LogP contribution in [0, 0.1) is 0 Å². The molecule has 1 saturated heterocycles. The summed E-state index contributed by atoms with van der Waals surface area (Å²) in [7, 11) is 0. The van der Waals surface area contributed by atoms with Crippen LogP contribution in [0.2, 0.25) is 5.02 Å². The third-order valence-electron chi connectivity index (χ3n) is 2.11. The number of nitrogens with one attached hydrogen (secondary N) is 1. The molecule has 0 radical (unpaired) electrons. The van der Waals surface area contributed by atoms with E-state index in [1.807, 2.05) is 24.3 Å². The molecule has 1 aliphatic heterocycles. The van der Waals surface area contributed by atoms with E-state index in [1.165, 1.54) is 0 Å². The lowest BCUT2D eigenvalue weighted by molar-refractivity contribution is 0.223. The van der Waals surface area contributed by atoms with E-state index in [9.17, 15) is 0 Å². The number of halogens is 2. The van der Waals surface area contributed by atoms with E-state index in [4.69, 9.17) is 16.3 Å². The van der Waals surface area contributed by atoms with E-state index in [2.05, 4.69) is 5.32 Å². The van der Waals surface area contributed by atoms with E-state index in [0.29, 0.717) is 6.10 Å². The summed E-state index contributed by atoms with van der Waals surface area (Å²) in [6.45, 7) is 1.98. The van der Waals surface area contributed by atoms with Crippen LogP contribution in [0.5, 0.6) is 5.75 Å². The highest BCUT2D eigenvalue weighted by Gasteiger charge is 2.15. The zero-order chi connectivity index (χ0) is 9.10. The van der Waals surface area contributed by atoms with E-state index in [0.717, 1.165) is 30.3 Å². The van der Waals surface area contributed by atoms with Crippen LogP contribution < -0.4 is 10.1 Å². The first kappa shape index (κ1) is 11.6. The van der Waals surface area contributed by atoms with Crippen LogP contribution in [0.25, 0.3) is 0 Å². The molecule has 0 aliphatic carbocycles. The molecule has 1 aliphatic rings. The Morgan fingerprint density at radius 3 is 2.93 bits per heavy atom. The Hall–Kier alpha value is -0.440. The van der Waals surface area contributed by atoms with Gasteiger partial charge in [0.2, 0.25) is 0 Å². The van der Waals surface area contributed by atoms with Gasteiger partial charge in [-0.25, -0.2) is 0 Å². The molecular weight excluding hydrogens is 221 g/mol. The zero-order valence-corrected chi connectivity index (χ0v) is 9.27. The minimum Gasteiger partial charge on any atom is -0.489 e. The standard InChI is InChI=1S/C10H12ClNO.ClH/c11-8-2-1-3-9(6-8)13-10-4-5-12-7-10;/h1-3,6,10,12H,4-5,7H2;1H. The maximum Gasteiger partial charge on any atom is 0.121 e. The van der Waals surface area contributed by atoms with Crippen LogP contribution in [-0.4, -0.2) is 19.2 Å². The van der Waals surface area contributed by atoms with Crippen molar-refractivity contribution in [2.45, 2.75) is 12.5 Å².